The maximum Gasteiger partial charge on any atom is 0.231 e. The number of nitrogens with zero attached hydrogens (tertiary/aromatic N) is 5. The van der Waals surface area contributed by atoms with Gasteiger partial charge in [-0.05, 0) is 43.7 Å². The molecule has 4 aromatic rings. The van der Waals surface area contributed by atoms with Crippen molar-refractivity contribution in [3.05, 3.63) is 47.5 Å². The highest BCUT2D eigenvalue weighted by molar-refractivity contribution is 7.90. The quantitative estimate of drug-likeness (QED) is 0.494. The maximum absolute atomic E-state index is 14.0. The summed E-state index contributed by atoms with van der Waals surface area (Å²) in [7, 11) is -1.67. The number of halogens is 1. The van der Waals surface area contributed by atoms with E-state index in [0.717, 1.165) is 11.8 Å². The van der Waals surface area contributed by atoms with Crippen molar-refractivity contribution in [2.24, 2.45) is 0 Å². The zero-order valence-corrected chi connectivity index (χ0v) is 18.1. The van der Waals surface area contributed by atoms with Crippen LogP contribution < -0.4 is 10.6 Å². The molecule has 0 radical (unpaired) electrons. The van der Waals surface area contributed by atoms with E-state index in [1.165, 1.54) is 12.3 Å². The fraction of sp³-hybridized carbons (Fsp3) is 0.200. The van der Waals surface area contributed by atoms with Crippen LogP contribution in [0.4, 0.5) is 21.8 Å². The Bertz CT molecular complexity index is 1430. The van der Waals surface area contributed by atoms with E-state index >= 15 is 0 Å². The van der Waals surface area contributed by atoms with Gasteiger partial charge in [0.05, 0.1) is 16.2 Å². The van der Waals surface area contributed by atoms with Crippen molar-refractivity contribution in [2.75, 3.05) is 23.9 Å². The highest BCUT2D eigenvalue weighted by Gasteiger charge is 2.18. The first-order valence-electron chi connectivity index (χ1n) is 9.24. The molecule has 11 heteroatoms. The van der Waals surface area contributed by atoms with Crippen molar-refractivity contribution in [3.63, 3.8) is 0 Å². The first-order chi connectivity index (χ1) is 14.5. The Kier molecular flexibility index (Phi) is 4.85. The molecule has 0 atom stereocenters. The van der Waals surface area contributed by atoms with Crippen LogP contribution >= 0.6 is 0 Å². The molecule has 0 amide bonds. The number of fused-ring (bicyclic) bond motifs is 1. The Hall–Kier alpha value is -3.60. The molecule has 0 unspecified atom stereocenters. The minimum absolute atomic E-state index is 0.141. The van der Waals surface area contributed by atoms with Crippen LogP contribution in [-0.2, 0) is 9.84 Å². The lowest BCUT2D eigenvalue weighted by atomic mass is 10.1. The van der Waals surface area contributed by atoms with Crippen LogP contribution in [0.3, 0.4) is 0 Å². The SMILES string of the molecule is Cc1cc(N(C)c2ncc(-c3n[nH]c4nc(C)c(F)cc34)c(N)n2)cc(S(C)(=O)=O)c1. The predicted octanol–water partition coefficient (Wildman–Crippen LogP) is 2.92. The predicted molar refractivity (Wildman–Crippen MR) is 116 cm³/mol. The lowest BCUT2D eigenvalue weighted by Gasteiger charge is -2.19. The summed E-state index contributed by atoms with van der Waals surface area (Å²) in [5, 5.41) is 7.43. The van der Waals surface area contributed by atoms with Crippen molar-refractivity contribution < 1.29 is 12.8 Å². The number of benzene rings is 1. The fourth-order valence-electron chi connectivity index (χ4n) is 3.20. The molecular formula is C20H20FN7O2S. The summed E-state index contributed by atoms with van der Waals surface area (Å²) in [5.41, 5.74) is 9.06. The highest BCUT2D eigenvalue weighted by Crippen LogP contribution is 2.32. The molecule has 0 saturated heterocycles. The number of nitrogen functional groups attached to an aromatic ring is 1. The number of hydrogen-bond acceptors (Lipinski definition) is 8. The van der Waals surface area contributed by atoms with Crippen molar-refractivity contribution in [1.82, 2.24) is 25.1 Å². The zero-order chi connectivity index (χ0) is 22.5. The molecule has 0 spiro atoms. The number of aromatic amines is 1. The van der Waals surface area contributed by atoms with Crippen LogP contribution in [0, 0.1) is 19.7 Å². The number of pyridine rings is 1. The smallest absolute Gasteiger partial charge is 0.231 e. The topological polar surface area (TPSA) is 131 Å². The third kappa shape index (κ3) is 3.79. The number of hydrogen-bond donors (Lipinski definition) is 2. The lowest BCUT2D eigenvalue weighted by Crippen LogP contribution is -2.15. The van der Waals surface area contributed by atoms with E-state index in [1.807, 2.05) is 13.0 Å². The standard InChI is InChI=1S/C20H20FN7O2S/c1-10-5-12(7-13(6-10)31(4,29)30)28(3)20-23-9-15(18(22)25-20)17-14-8-16(21)11(2)24-19(14)27-26-17/h5-9H,1-4H3,(H2,22,23,25)(H,24,26,27). The first kappa shape index (κ1) is 20.7. The normalized spacial score (nSPS) is 11.8. The molecule has 0 aliphatic rings. The summed E-state index contributed by atoms with van der Waals surface area (Å²) in [4.78, 5) is 14.7. The molecule has 3 N–H and O–H groups in total. The molecule has 0 bridgehead atoms. The summed E-state index contributed by atoms with van der Waals surface area (Å²) in [6, 6.07) is 6.31. The van der Waals surface area contributed by atoms with E-state index in [1.54, 1.807) is 31.0 Å². The fourth-order valence-corrected chi connectivity index (χ4v) is 3.94. The van der Waals surface area contributed by atoms with Gasteiger partial charge >= 0.3 is 0 Å². The number of nitrogens with one attached hydrogen (secondary N) is 1. The van der Waals surface area contributed by atoms with E-state index in [-0.39, 0.29) is 22.4 Å². The molecule has 160 valence electrons. The Morgan fingerprint density at radius 1 is 1.13 bits per heavy atom. The molecule has 0 fully saturated rings. The van der Waals surface area contributed by atoms with Gasteiger partial charge in [-0.1, -0.05) is 0 Å². The lowest BCUT2D eigenvalue weighted by molar-refractivity contribution is 0.601. The second kappa shape index (κ2) is 7.27. The Labute approximate surface area is 178 Å². The zero-order valence-electron chi connectivity index (χ0n) is 17.3. The molecular weight excluding hydrogens is 421 g/mol. The number of rotatable bonds is 4. The van der Waals surface area contributed by atoms with Crippen LogP contribution in [0.1, 0.15) is 11.3 Å². The van der Waals surface area contributed by atoms with Gasteiger partial charge in [0, 0.05) is 30.6 Å². The number of aryl methyl sites for hydroxylation is 2. The van der Waals surface area contributed by atoms with Crippen LogP contribution in [-0.4, -0.2) is 46.9 Å². The van der Waals surface area contributed by atoms with Gasteiger partial charge in [0.25, 0.3) is 0 Å². The van der Waals surface area contributed by atoms with E-state index in [9.17, 15) is 12.8 Å². The molecule has 0 aliphatic heterocycles. The minimum Gasteiger partial charge on any atom is -0.383 e. The second-order valence-electron chi connectivity index (χ2n) is 7.33. The first-order valence-corrected chi connectivity index (χ1v) is 11.1. The monoisotopic (exact) mass is 441 g/mol. The molecule has 3 heterocycles. The van der Waals surface area contributed by atoms with Crippen molar-refractivity contribution >= 4 is 38.3 Å². The van der Waals surface area contributed by atoms with Gasteiger partial charge in [-0.25, -0.2) is 22.8 Å². The maximum atomic E-state index is 14.0. The Morgan fingerprint density at radius 3 is 2.55 bits per heavy atom. The Morgan fingerprint density at radius 2 is 1.87 bits per heavy atom. The van der Waals surface area contributed by atoms with Gasteiger partial charge in [0.15, 0.2) is 15.5 Å². The summed E-state index contributed by atoms with van der Waals surface area (Å²) in [6.07, 6.45) is 2.65. The molecule has 0 aliphatic carbocycles. The Balaban J connectivity index is 1.75. The van der Waals surface area contributed by atoms with Crippen LogP contribution in [0.2, 0.25) is 0 Å². The summed E-state index contributed by atoms with van der Waals surface area (Å²) < 4.78 is 37.9. The van der Waals surface area contributed by atoms with Crippen molar-refractivity contribution in [3.8, 4) is 11.3 Å². The molecule has 3 aromatic heterocycles. The molecule has 9 nitrogen and oxygen atoms in total. The van der Waals surface area contributed by atoms with Crippen molar-refractivity contribution in [2.45, 2.75) is 18.7 Å². The van der Waals surface area contributed by atoms with Crippen LogP contribution in [0.15, 0.2) is 35.4 Å². The second-order valence-corrected chi connectivity index (χ2v) is 9.34. The van der Waals surface area contributed by atoms with E-state index in [2.05, 4.69) is 25.1 Å². The molecule has 4 rings (SSSR count). The number of anilines is 3. The van der Waals surface area contributed by atoms with Gasteiger partial charge in [-0.15, -0.1) is 0 Å². The van der Waals surface area contributed by atoms with Gasteiger partial charge in [-0.2, -0.15) is 10.1 Å². The average molecular weight is 441 g/mol. The number of aromatic nitrogens is 5. The summed E-state index contributed by atoms with van der Waals surface area (Å²) >= 11 is 0. The number of sulfone groups is 1. The largest absolute Gasteiger partial charge is 0.383 e. The van der Waals surface area contributed by atoms with Gasteiger partial charge in [0.2, 0.25) is 5.95 Å². The highest BCUT2D eigenvalue weighted by atomic mass is 32.2. The van der Waals surface area contributed by atoms with E-state index in [0.29, 0.717) is 28.0 Å². The third-order valence-electron chi connectivity index (χ3n) is 4.89. The number of H-pyrrole nitrogens is 1. The van der Waals surface area contributed by atoms with Gasteiger partial charge < -0.3 is 10.6 Å². The van der Waals surface area contributed by atoms with Gasteiger partial charge in [-0.3, -0.25) is 5.10 Å². The third-order valence-corrected chi connectivity index (χ3v) is 5.98. The molecule has 0 saturated carbocycles. The summed E-state index contributed by atoms with van der Waals surface area (Å²) in [6.45, 7) is 3.37. The minimum atomic E-state index is -3.38. The molecule has 1 aromatic carbocycles. The van der Waals surface area contributed by atoms with E-state index < -0.39 is 15.7 Å². The molecule has 31 heavy (non-hydrogen) atoms. The number of nitrogens with two attached hydrogens (primary N) is 1. The van der Waals surface area contributed by atoms with Crippen LogP contribution in [0.25, 0.3) is 22.3 Å². The van der Waals surface area contributed by atoms with E-state index in [4.69, 9.17) is 5.73 Å². The summed E-state index contributed by atoms with van der Waals surface area (Å²) in [5.74, 6) is -0.0411. The average Bonchev–Trinajstić information content (AvgIpc) is 3.09. The van der Waals surface area contributed by atoms with Crippen LogP contribution in [0.5, 0.6) is 0 Å². The van der Waals surface area contributed by atoms with Gasteiger partial charge in [0.1, 0.15) is 17.3 Å². The van der Waals surface area contributed by atoms with Crippen molar-refractivity contribution in [1.29, 1.82) is 0 Å².